The highest BCUT2D eigenvalue weighted by molar-refractivity contribution is 4.72. The van der Waals surface area contributed by atoms with E-state index in [0.717, 1.165) is 6.04 Å². The van der Waals surface area contributed by atoms with Gasteiger partial charge in [0.25, 0.3) is 0 Å². The van der Waals surface area contributed by atoms with Gasteiger partial charge in [0.2, 0.25) is 0 Å². The van der Waals surface area contributed by atoms with E-state index in [1.807, 2.05) is 0 Å². The molecule has 1 aliphatic rings. The molecule has 0 aromatic rings. The van der Waals surface area contributed by atoms with Crippen molar-refractivity contribution in [2.75, 3.05) is 19.6 Å². The molecule has 0 bridgehead atoms. The van der Waals surface area contributed by atoms with Gasteiger partial charge in [0, 0.05) is 12.6 Å². The van der Waals surface area contributed by atoms with Crippen LogP contribution in [-0.4, -0.2) is 25.7 Å². The van der Waals surface area contributed by atoms with E-state index in [9.17, 15) is 0 Å². The van der Waals surface area contributed by atoms with Crippen LogP contribution in [0.25, 0.3) is 0 Å². The number of nitrogens with one attached hydrogen (secondary N) is 2. The molecule has 1 atom stereocenters. The topological polar surface area (TPSA) is 24.1 Å². The van der Waals surface area contributed by atoms with Gasteiger partial charge in [-0.05, 0) is 32.4 Å². The van der Waals surface area contributed by atoms with Gasteiger partial charge in [-0.2, -0.15) is 0 Å². The summed E-state index contributed by atoms with van der Waals surface area (Å²) in [7, 11) is 0. The molecule has 0 spiro atoms. The number of unbranched alkanes of at least 4 members (excludes halogenated alkanes) is 5. The third kappa shape index (κ3) is 8.93. The van der Waals surface area contributed by atoms with Crippen molar-refractivity contribution in [2.24, 2.45) is 0 Å². The van der Waals surface area contributed by atoms with Crippen LogP contribution in [0.4, 0.5) is 0 Å². The third-order valence-electron chi connectivity index (χ3n) is 4.01. The van der Waals surface area contributed by atoms with Crippen LogP contribution in [-0.2, 0) is 0 Å². The minimum Gasteiger partial charge on any atom is -0.315 e. The normalized spacial score (nSPS) is 21.5. The molecule has 1 unspecified atom stereocenters. The smallest absolute Gasteiger partial charge is 0.0192 e. The molecule has 2 heteroatoms. The van der Waals surface area contributed by atoms with Gasteiger partial charge in [-0.3, -0.25) is 0 Å². The van der Waals surface area contributed by atoms with Crippen molar-refractivity contribution in [3.63, 3.8) is 0 Å². The Bertz CT molecular complexity index is 162. The monoisotopic (exact) mass is 254 g/mol. The van der Waals surface area contributed by atoms with Gasteiger partial charge in [0.05, 0.1) is 0 Å². The second-order valence-electron chi connectivity index (χ2n) is 5.83. The molecule has 1 heterocycles. The molecule has 1 rings (SSSR count). The van der Waals surface area contributed by atoms with Crippen molar-refractivity contribution >= 4 is 0 Å². The minimum absolute atomic E-state index is 0.727. The van der Waals surface area contributed by atoms with Crippen molar-refractivity contribution in [3.8, 4) is 0 Å². The third-order valence-corrected chi connectivity index (χ3v) is 4.01. The summed E-state index contributed by atoms with van der Waals surface area (Å²) in [6.07, 6.45) is 15.4. The first-order chi connectivity index (χ1) is 8.93. The van der Waals surface area contributed by atoms with E-state index in [1.54, 1.807) is 0 Å². The van der Waals surface area contributed by atoms with E-state index in [2.05, 4.69) is 17.6 Å². The van der Waals surface area contributed by atoms with Crippen molar-refractivity contribution in [1.29, 1.82) is 0 Å². The molecule has 0 aromatic heterocycles. The van der Waals surface area contributed by atoms with Crippen molar-refractivity contribution < 1.29 is 0 Å². The fourth-order valence-corrected chi connectivity index (χ4v) is 2.76. The Labute approximate surface area is 114 Å². The fraction of sp³-hybridized carbons (Fsp3) is 1.00. The average molecular weight is 254 g/mol. The van der Waals surface area contributed by atoms with Gasteiger partial charge in [-0.25, -0.2) is 0 Å². The zero-order valence-electron chi connectivity index (χ0n) is 12.5. The Morgan fingerprint density at radius 3 is 2.61 bits per heavy atom. The van der Waals surface area contributed by atoms with E-state index in [-0.39, 0.29) is 0 Å². The van der Waals surface area contributed by atoms with E-state index in [0.29, 0.717) is 0 Å². The SMILES string of the molecule is CCCCCCCCNCC1CCCCCCN1. The summed E-state index contributed by atoms with van der Waals surface area (Å²) in [5, 5.41) is 7.31. The molecule has 0 aliphatic carbocycles. The molecule has 1 aliphatic heterocycles. The first-order valence-electron chi connectivity index (χ1n) is 8.37. The summed E-state index contributed by atoms with van der Waals surface area (Å²) < 4.78 is 0. The second-order valence-corrected chi connectivity index (χ2v) is 5.83. The van der Waals surface area contributed by atoms with Crippen LogP contribution in [0.3, 0.4) is 0 Å². The maximum atomic E-state index is 3.68. The van der Waals surface area contributed by atoms with Crippen LogP contribution in [0.1, 0.15) is 77.6 Å². The Morgan fingerprint density at radius 2 is 1.72 bits per heavy atom. The summed E-state index contributed by atoms with van der Waals surface area (Å²) in [5.41, 5.74) is 0. The Hall–Kier alpha value is -0.0800. The predicted octanol–water partition coefficient (Wildman–Crippen LogP) is 3.86. The highest BCUT2D eigenvalue weighted by Gasteiger charge is 2.09. The molecule has 0 aromatic carbocycles. The highest BCUT2D eigenvalue weighted by atomic mass is 15.0. The van der Waals surface area contributed by atoms with Gasteiger partial charge in [0.15, 0.2) is 0 Å². The molecular weight excluding hydrogens is 220 g/mol. The zero-order chi connectivity index (χ0) is 12.9. The first-order valence-corrected chi connectivity index (χ1v) is 8.37. The van der Waals surface area contributed by atoms with E-state index in [1.165, 1.54) is 90.3 Å². The van der Waals surface area contributed by atoms with Crippen LogP contribution >= 0.6 is 0 Å². The van der Waals surface area contributed by atoms with Crippen LogP contribution in [0.15, 0.2) is 0 Å². The molecular formula is C16H34N2. The van der Waals surface area contributed by atoms with Crippen LogP contribution in [0.5, 0.6) is 0 Å². The van der Waals surface area contributed by atoms with E-state index in [4.69, 9.17) is 0 Å². The Morgan fingerprint density at radius 1 is 0.944 bits per heavy atom. The predicted molar refractivity (Wildman–Crippen MR) is 81.1 cm³/mol. The van der Waals surface area contributed by atoms with Crippen molar-refractivity contribution in [2.45, 2.75) is 83.6 Å². The lowest BCUT2D eigenvalue weighted by molar-refractivity contribution is 0.397. The Kier molecular flexibility index (Phi) is 10.6. The van der Waals surface area contributed by atoms with Gasteiger partial charge in [0.1, 0.15) is 0 Å². The molecule has 1 fully saturated rings. The lowest BCUT2D eigenvalue weighted by atomic mass is 10.0. The quantitative estimate of drug-likeness (QED) is 0.611. The highest BCUT2D eigenvalue weighted by Crippen LogP contribution is 2.09. The summed E-state index contributed by atoms with van der Waals surface area (Å²) in [6.45, 7) is 5.90. The number of hydrogen-bond donors (Lipinski definition) is 2. The van der Waals surface area contributed by atoms with E-state index < -0.39 is 0 Å². The number of hydrogen-bond acceptors (Lipinski definition) is 2. The molecule has 2 nitrogen and oxygen atoms in total. The van der Waals surface area contributed by atoms with Crippen LogP contribution in [0.2, 0.25) is 0 Å². The van der Waals surface area contributed by atoms with Crippen molar-refractivity contribution in [1.82, 2.24) is 10.6 Å². The average Bonchev–Trinajstić information content (AvgIpc) is 2.34. The van der Waals surface area contributed by atoms with Gasteiger partial charge >= 0.3 is 0 Å². The molecule has 2 N–H and O–H groups in total. The van der Waals surface area contributed by atoms with Crippen LogP contribution < -0.4 is 10.6 Å². The lowest BCUT2D eigenvalue weighted by Crippen LogP contribution is -2.40. The van der Waals surface area contributed by atoms with Crippen molar-refractivity contribution in [3.05, 3.63) is 0 Å². The molecule has 108 valence electrons. The van der Waals surface area contributed by atoms with Gasteiger partial charge in [-0.1, -0.05) is 58.3 Å². The standard InChI is InChI=1S/C16H34N2/c1-2-3-4-5-7-10-13-17-15-16-12-9-6-8-11-14-18-16/h16-18H,2-15H2,1H3. The summed E-state index contributed by atoms with van der Waals surface area (Å²) in [4.78, 5) is 0. The van der Waals surface area contributed by atoms with Gasteiger partial charge < -0.3 is 10.6 Å². The molecule has 18 heavy (non-hydrogen) atoms. The zero-order valence-corrected chi connectivity index (χ0v) is 12.5. The second kappa shape index (κ2) is 12.0. The molecule has 0 saturated carbocycles. The minimum atomic E-state index is 0.727. The fourth-order valence-electron chi connectivity index (χ4n) is 2.76. The Balaban J connectivity index is 1.86. The number of rotatable bonds is 9. The van der Waals surface area contributed by atoms with Gasteiger partial charge in [-0.15, -0.1) is 0 Å². The van der Waals surface area contributed by atoms with E-state index >= 15 is 0 Å². The molecule has 1 saturated heterocycles. The molecule has 0 radical (unpaired) electrons. The summed E-state index contributed by atoms with van der Waals surface area (Å²) in [5.74, 6) is 0. The summed E-state index contributed by atoms with van der Waals surface area (Å²) in [6, 6.07) is 0.727. The summed E-state index contributed by atoms with van der Waals surface area (Å²) >= 11 is 0. The maximum Gasteiger partial charge on any atom is 0.0192 e. The maximum absolute atomic E-state index is 3.68. The lowest BCUT2D eigenvalue weighted by Gasteiger charge is -2.21. The largest absolute Gasteiger partial charge is 0.315 e. The first kappa shape index (κ1) is 16.0. The molecule has 0 amide bonds. The van der Waals surface area contributed by atoms with Crippen LogP contribution in [0, 0.1) is 0 Å².